The van der Waals surface area contributed by atoms with Crippen molar-refractivity contribution in [1.29, 1.82) is 0 Å². The second-order valence-corrected chi connectivity index (χ2v) is 6.45. The molecule has 2 aromatic carbocycles. The molecule has 0 aromatic heterocycles. The van der Waals surface area contributed by atoms with Crippen molar-refractivity contribution in [2.75, 3.05) is 45.9 Å². The van der Waals surface area contributed by atoms with Crippen LogP contribution in [0.15, 0.2) is 60.7 Å². The van der Waals surface area contributed by atoms with Crippen LogP contribution in [0.2, 0.25) is 0 Å². The molecule has 0 spiro atoms. The quantitative estimate of drug-likeness (QED) is 0.711. The molecule has 2 N–H and O–H groups in total. The third-order valence-electron chi connectivity index (χ3n) is 4.57. The van der Waals surface area contributed by atoms with Gasteiger partial charge in [0, 0.05) is 26.2 Å². The summed E-state index contributed by atoms with van der Waals surface area (Å²) in [6.07, 6.45) is 0. The Labute approximate surface area is 155 Å². The third kappa shape index (κ3) is 5.66. The van der Waals surface area contributed by atoms with Gasteiger partial charge in [0.05, 0.1) is 25.8 Å². The van der Waals surface area contributed by atoms with Crippen LogP contribution >= 0.6 is 0 Å². The number of rotatable bonds is 8. The van der Waals surface area contributed by atoms with Crippen molar-refractivity contribution in [1.82, 2.24) is 15.5 Å². The molecule has 1 saturated heterocycles. The highest BCUT2D eigenvalue weighted by molar-refractivity contribution is 5.79. The van der Waals surface area contributed by atoms with Crippen LogP contribution in [0, 0.1) is 0 Å². The summed E-state index contributed by atoms with van der Waals surface area (Å²) < 4.78 is 5.35. The first-order valence-corrected chi connectivity index (χ1v) is 9.23. The molecule has 26 heavy (non-hydrogen) atoms. The molecular weight excluding hydrogens is 326 g/mol. The number of benzene rings is 2. The van der Waals surface area contributed by atoms with E-state index in [0.29, 0.717) is 6.54 Å². The largest absolute Gasteiger partial charge is 0.379 e. The molecule has 0 aliphatic carbocycles. The molecule has 2 aromatic rings. The minimum absolute atomic E-state index is 0.00434. The summed E-state index contributed by atoms with van der Waals surface area (Å²) in [5.74, 6) is 0.00434. The van der Waals surface area contributed by atoms with Crippen LogP contribution in [-0.4, -0.2) is 56.7 Å². The van der Waals surface area contributed by atoms with Crippen molar-refractivity contribution in [2.45, 2.75) is 6.04 Å². The van der Waals surface area contributed by atoms with E-state index in [2.05, 4.69) is 15.5 Å². The standard InChI is InChI=1S/C21H27N3O2/c25-20(17-22-11-12-24-13-15-26-16-14-24)23-21(18-7-3-1-4-8-18)19-9-5-2-6-10-19/h1-10,21-22H,11-17H2,(H,23,25). The van der Waals surface area contributed by atoms with Gasteiger partial charge in [-0.2, -0.15) is 0 Å². The molecule has 0 atom stereocenters. The van der Waals surface area contributed by atoms with E-state index in [-0.39, 0.29) is 11.9 Å². The van der Waals surface area contributed by atoms with E-state index in [1.807, 2.05) is 60.7 Å². The Balaban J connectivity index is 1.51. The Kier molecular flexibility index (Phi) is 7.19. The molecule has 1 aliphatic heterocycles. The molecular formula is C21H27N3O2. The van der Waals surface area contributed by atoms with Gasteiger partial charge in [-0.15, -0.1) is 0 Å². The fraction of sp³-hybridized carbons (Fsp3) is 0.381. The highest BCUT2D eigenvalue weighted by Gasteiger charge is 2.16. The van der Waals surface area contributed by atoms with Gasteiger partial charge in [-0.3, -0.25) is 9.69 Å². The molecule has 1 fully saturated rings. The second-order valence-electron chi connectivity index (χ2n) is 6.45. The lowest BCUT2D eigenvalue weighted by atomic mass is 9.99. The summed E-state index contributed by atoms with van der Waals surface area (Å²) in [6.45, 7) is 5.61. The molecule has 0 bridgehead atoms. The predicted octanol–water partition coefficient (Wildman–Crippen LogP) is 1.81. The van der Waals surface area contributed by atoms with Crippen molar-refractivity contribution in [3.63, 3.8) is 0 Å². The summed E-state index contributed by atoms with van der Waals surface area (Å²) in [5, 5.41) is 6.40. The first-order valence-electron chi connectivity index (χ1n) is 9.23. The molecule has 0 radical (unpaired) electrons. The van der Waals surface area contributed by atoms with Crippen LogP contribution in [0.1, 0.15) is 17.2 Å². The normalized spacial score (nSPS) is 15.1. The van der Waals surface area contributed by atoms with Crippen molar-refractivity contribution >= 4 is 5.91 Å². The fourth-order valence-corrected chi connectivity index (χ4v) is 3.13. The number of hydrogen-bond donors (Lipinski definition) is 2. The minimum atomic E-state index is -0.133. The number of hydrogen-bond acceptors (Lipinski definition) is 4. The summed E-state index contributed by atoms with van der Waals surface area (Å²) in [6, 6.07) is 20.0. The lowest BCUT2D eigenvalue weighted by Crippen LogP contribution is -2.42. The Bertz CT molecular complexity index is 618. The lowest BCUT2D eigenvalue weighted by molar-refractivity contribution is -0.120. The smallest absolute Gasteiger partial charge is 0.234 e. The highest BCUT2D eigenvalue weighted by atomic mass is 16.5. The summed E-state index contributed by atoms with van der Waals surface area (Å²) in [5.41, 5.74) is 2.17. The van der Waals surface area contributed by atoms with Gasteiger partial charge < -0.3 is 15.4 Å². The number of carbonyl (C=O) groups is 1. The Morgan fingerprint density at radius 3 is 2.12 bits per heavy atom. The second kappa shape index (κ2) is 10.1. The minimum Gasteiger partial charge on any atom is -0.379 e. The summed E-state index contributed by atoms with van der Waals surface area (Å²) >= 11 is 0. The molecule has 3 rings (SSSR count). The number of amides is 1. The topological polar surface area (TPSA) is 53.6 Å². The van der Waals surface area contributed by atoms with Crippen LogP contribution in [-0.2, 0) is 9.53 Å². The molecule has 5 nitrogen and oxygen atoms in total. The van der Waals surface area contributed by atoms with Crippen molar-refractivity contribution in [3.05, 3.63) is 71.8 Å². The molecule has 1 aliphatic rings. The monoisotopic (exact) mass is 353 g/mol. The molecule has 138 valence electrons. The van der Waals surface area contributed by atoms with Crippen LogP contribution in [0.25, 0.3) is 0 Å². The summed E-state index contributed by atoms with van der Waals surface area (Å²) in [4.78, 5) is 14.8. The van der Waals surface area contributed by atoms with Crippen LogP contribution in [0.3, 0.4) is 0 Å². The molecule has 0 saturated carbocycles. The molecule has 5 heteroatoms. The fourth-order valence-electron chi connectivity index (χ4n) is 3.13. The zero-order valence-corrected chi connectivity index (χ0v) is 15.1. The van der Waals surface area contributed by atoms with Crippen LogP contribution in [0.4, 0.5) is 0 Å². The van der Waals surface area contributed by atoms with Gasteiger partial charge in [0.15, 0.2) is 0 Å². The van der Waals surface area contributed by atoms with Crippen molar-refractivity contribution < 1.29 is 9.53 Å². The first kappa shape index (κ1) is 18.6. The number of ether oxygens (including phenoxy) is 1. The Morgan fingerprint density at radius 2 is 1.54 bits per heavy atom. The maximum Gasteiger partial charge on any atom is 0.234 e. The van der Waals surface area contributed by atoms with E-state index in [9.17, 15) is 4.79 Å². The molecule has 0 unspecified atom stereocenters. The van der Waals surface area contributed by atoms with Gasteiger partial charge in [-0.05, 0) is 11.1 Å². The van der Waals surface area contributed by atoms with Gasteiger partial charge in [-0.25, -0.2) is 0 Å². The van der Waals surface area contributed by atoms with Crippen LogP contribution < -0.4 is 10.6 Å². The summed E-state index contributed by atoms with van der Waals surface area (Å²) in [7, 11) is 0. The van der Waals surface area contributed by atoms with E-state index < -0.39 is 0 Å². The highest BCUT2D eigenvalue weighted by Crippen LogP contribution is 2.21. The Hall–Kier alpha value is -2.21. The number of carbonyl (C=O) groups excluding carboxylic acids is 1. The average molecular weight is 353 g/mol. The maximum atomic E-state index is 12.4. The van der Waals surface area contributed by atoms with Gasteiger partial charge in [0.1, 0.15) is 0 Å². The van der Waals surface area contributed by atoms with Gasteiger partial charge in [0.25, 0.3) is 0 Å². The first-order chi connectivity index (χ1) is 12.8. The van der Waals surface area contributed by atoms with E-state index in [1.165, 1.54) is 0 Å². The van der Waals surface area contributed by atoms with Gasteiger partial charge >= 0.3 is 0 Å². The van der Waals surface area contributed by atoms with Gasteiger partial charge in [0.2, 0.25) is 5.91 Å². The van der Waals surface area contributed by atoms with E-state index in [1.54, 1.807) is 0 Å². The van der Waals surface area contributed by atoms with E-state index in [0.717, 1.165) is 50.5 Å². The molecule has 1 heterocycles. The Morgan fingerprint density at radius 1 is 0.962 bits per heavy atom. The van der Waals surface area contributed by atoms with Crippen molar-refractivity contribution in [2.24, 2.45) is 0 Å². The van der Waals surface area contributed by atoms with Crippen molar-refractivity contribution in [3.8, 4) is 0 Å². The van der Waals surface area contributed by atoms with E-state index >= 15 is 0 Å². The predicted molar refractivity (Wildman–Crippen MR) is 103 cm³/mol. The number of nitrogens with zero attached hydrogens (tertiary/aromatic N) is 1. The van der Waals surface area contributed by atoms with Gasteiger partial charge in [-0.1, -0.05) is 60.7 Å². The number of morpholine rings is 1. The van der Waals surface area contributed by atoms with E-state index in [4.69, 9.17) is 4.74 Å². The zero-order valence-electron chi connectivity index (χ0n) is 15.1. The third-order valence-corrected chi connectivity index (χ3v) is 4.57. The lowest BCUT2D eigenvalue weighted by Gasteiger charge is -2.26. The molecule has 1 amide bonds. The number of nitrogens with one attached hydrogen (secondary N) is 2. The average Bonchev–Trinajstić information content (AvgIpc) is 2.71. The maximum absolute atomic E-state index is 12.4. The SMILES string of the molecule is O=C(CNCCN1CCOCC1)NC(c1ccccc1)c1ccccc1. The zero-order chi connectivity index (χ0) is 18.0. The van der Waals surface area contributed by atoms with Crippen LogP contribution in [0.5, 0.6) is 0 Å².